The minimum atomic E-state index is -0.202. The Kier molecular flexibility index (Phi) is 3.76. The van der Waals surface area contributed by atoms with Crippen LogP contribution in [0.3, 0.4) is 0 Å². The van der Waals surface area contributed by atoms with Crippen molar-refractivity contribution < 1.29 is 9.21 Å². The molecule has 0 aromatic carbocycles. The first-order chi connectivity index (χ1) is 8.68. The van der Waals surface area contributed by atoms with Crippen LogP contribution in [0.15, 0.2) is 23.3 Å². The van der Waals surface area contributed by atoms with E-state index in [9.17, 15) is 4.79 Å². The molecule has 2 N–H and O–H groups in total. The number of hydrogen-bond donors (Lipinski definition) is 2. The van der Waals surface area contributed by atoms with E-state index < -0.39 is 0 Å². The van der Waals surface area contributed by atoms with Gasteiger partial charge in [0.2, 0.25) is 0 Å². The van der Waals surface area contributed by atoms with Gasteiger partial charge in [-0.25, -0.2) is 9.97 Å². The molecule has 6 nitrogen and oxygen atoms in total. The Hall–Kier alpha value is -2.11. The molecule has 2 rings (SSSR count). The second-order valence-corrected chi connectivity index (χ2v) is 4.30. The minimum absolute atomic E-state index is 0.140. The normalized spacial score (nSPS) is 10.8. The van der Waals surface area contributed by atoms with Gasteiger partial charge < -0.3 is 14.7 Å². The highest BCUT2D eigenvalue weighted by molar-refractivity contribution is 5.93. The van der Waals surface area contributed by atoms with Gasteiger partial charge in [-0.1, -0.05) is 13.8 Å². The number of oxazole rings is 1. The third-order valence-electron chi connectivity index (χ3n) is 2.57. The molecule has 96 valence electrons. The Morgan fingerprint density at radius 3 is 3.06 bits per heavy atom. The molecule has 0 bridgehead atoms. The zero-order valence-corrected chi connectivity index (χ0v) is 10.4. The summed E-state index contributed by atoms with van der Waals surface area (Å²) in [6.07, 6.45) is 5.37. The van der Waals surface area contributed by atoms with Crippen LogP contribution in [0.25, 0.3) is 0 Å². The Balaban J connectivity index is 1.89. The molecule has 0 saturated carbocycles. The van der Waals surface area contributed by atoms with E-state index in [4.69, 9.17) is 4.42 Å². The quantitative estimate of drug-likeness (QED) is 0.839. The molecule has 0 atom stereocenters. The molecule has 0 saturated heterocycles. The summed E-state index contributed by atoms with van der Waals surface area (Å²) < 4.78 is 5.21. The molecular weight excluding hydrogens is 232 g/mol. The zero-order chi connectivity index (χ0) is 13.0. The molecule has 0 spiro atoms. The van der Waals surface area contributed by atoms with E-state index in [-0.39, 0.29) is 11.8 Å². The van der Waals surface area contributed by atoms with Gasteiger partial charge in [-0.3, -0.25) is 4.79 Å². The first-order valence-corrected chi connectivity index (χ1v) is 5.87. The van der Waals surface area contributed by atoms with E-state index in [1.807, 2.05) is 13.8 Å². The van der Waals surface area contributed by atoms with Crippen LogP contribution in [0, 0.1) is 0 Å². The SMILES string of the molecule is CC(C)c1ocnc1C(=O)NCCc1cnc[nH]1. The average molecular weight is 248 g/mol. The second kappa shape index (κ2) is 5.48. The summed E-state index contributed by atoms with van der Waals surface area (Å²) in [6.45, 7) is 4.45. The number of amides is 1. The summed E-state index contributed by atoms with van der Waals surface area (Å²) >= 11 is 0. The van der Waals surface area contributed by atoms with Crippen LogP contribution in [0.5, 0.6) is 0 Å². The predicted octanol–water partition coefficient (Wildman–Crippen LogP) is 1.49. The summed E-state index contributed by atoms with van der Waals surface area (Å²) in [5.41, 5.74) is 1.36. The van der Waals surface area contributed by atoms with Gasteiger partial charge in [0.1, 0.15) is 5.76 Å². The Labute approximate surface area is 105 Å². The van der Waals surface area contributed by atoms with Gasteiger partial charge in [-0.15, -0.1) is 0 Å². The van der Waals surface area contributed by atoms with Crippen LogP contribution < -0.4 is 5.32 Å². The fraction of sp³-hybridized carbons (Fsp3) is 0.417. The molecule has 0 aliphatic carbocycles. The third-order valence-corrected chi connectivity index (χ3v) is 2.57. The number of H-pyrrole nitrogens is 1. The summed E-state index contributed by atoms with van der Waals surface area (Å²) in [5, 5.41) is 2.81. The predicted molar refractivity (Wildman–Crippen MR) is 65.2 cm³/mol. The average Bonchev–Trinajstić information content (AvgIpc) is 2.99. The molecule has 0 fully saturated rings. The van der Waals surface area contributed by atoms with Crippen LogP contribution in [0.1, 0.15) is 41.7 Å². The van der Waals surface area contributed by atoms with Crippen LogP contribution in [-0.4, -0.2) is 27.4 Å². The van der Waals surface area contributed by atoms with Crippen LogP contribution in [0.2, 0.25) is 0 Å². The molecule has 2 aromatic rings. The van der Waals surface area contributed by atoms with E-state index in [0.29, 0.717) is 24.4 Å². The fourth-order valence-corrected chi connectivity index (χ4v) is 1.65. The molecule has 1 amide bonds. The van der Waals surface area contributed by atoms with Crippen molar-refractivity contribution in [1.82, 2.24) is 20.3 Å². The van der Waals surface area contributed by atoms with Gasteiger partial charge in [0.25, 0.3) is 5.91 Å². The number of aromatic nitrogens is 3. The molecule has 2 aromatic heterocycles. The van der Waals surface area contributed by atoms with Crippen molar-refractivity contribution in [2.24, 2.45) is 0 Å². The number of carbonyl (C=O) groups is 1. The number of hydrogen-bond acceptors (Lipinski definition) is 4. The van der Waals surface area contributed by atoms with Crippen molar-refractivity contribution in [3.05, 3.63) is 36.1 Å². The first-order valence-electron chi connectivity index (χ1n) is 5.87. The molecule has 0 unspecified atom stereocenters. The summed E-state index contributed by atoms with van der Waals surface area (Å²) in [6, 6.07) is 0. The summed E-state index contributed by atoms with van der Waals surface area (Å²) in [4.78, 5) is 22.7. The van der Waals surface area contributed by atoms with Gasteiger partial charge in [-0.05, 0) is 0 Å². The molecule has 0 radical (unpaired) electrons. The lowest BCUT2D eigenvalue weighted by Crippen LogP contribution is -2.27. The van der Waals surface area contributed by atoms with Crippen molar-refractivity contribution in [2.75, 3.05) is 6.54 Å². The number of imidazole rings is 1. The highest BCUT2D eigenvalue weighted by Gasteiger charge is 2.18. The molecule has 18 heavy (non-hydrogen) atoms. The molecule has 6 heteroatoms. The Morgan fingerprint density at radius 1 is 1.56 bits per heavy atom. The van der Waals surface area contributed by atoms with Crippen LogP contribution in [0.4, 0.5) is 0 Å². The number of rotatable bonds is 5. The Morgan fingerprint density at radius 2 is 2.39 bits per heavy atom. The highest BCUT2D eigenvalue weighted by Crippen LogP contribution is 2.17. The highest BCUT2D eigenvalue weighted by atomic mass is 16.3. The lowest BCUT2D eigenvalue weighted by atomic mass is 10.1. The van der Waals surface area contributed by atoms with Gasteiger partial charge in [-0.2, -0.15) is 0 Å². The van der Waals surface area contributed by atoms with Crippen molar-refractivity contribution in [3.8, 4) is 0 Å². The monoisotopic (exact) mass is 248 g/mol. The maximum Gasteiger partial charge on any atom is 0.273 e. The Bertz CT molecular complexity index is 502. The van der Waals surface area contributed by atoms with Crippen molar-refractivity contribution in [2.45, 2.75) is 26.2 Å². The summed E-state index contributed by atoms with van der Waals surface area (Å²) in [7, 11) is 0. The van der Waals surface area contributed by atoms with E-state index >= 15 is 0 Å². The summed E-state index contributed by atoms with van der Waals surface area (Å²) in [5.74, 6) is 0.557. The van der Waals surface area contributed by atoms with Gasteiger partial charge in [0.15, 0.2) is 12.1 Å². The van der Waals surface area contributed by atoms with Crippen LogP contribution >= 0.6 is 0 Å². The molecular formula is C12H16N4O2. The number of nitrogens with zero attached hydrogens (tertiary/aromatic N) is 2. The van der Waals surface area contributed by atoms with E-state index in [2.05, 4.69) is 20.3 Å². The topological polar surface area (TPSA) is 83.8 Å². The van der Waals surface area contributed by atoms with Crippen molar-refractivity contribution in [3.63, 3.8) is 0 Å². The van der Waals surface area contributed by atoms with Gasteiger partial charge in [0, 0.05) is 30.8 Å². The number of carbonyl (C=O) groups excluding carboxylic acids is 1. The van der Waals surface area contributed by atoms with E-state index in [0.717, 1.165) is 5.69 Å². The molecule has 0 aliphatic rings. The second-order valence-electron chi connectivity index (χ2n) is 4.30. The molecule has 0 aliphatic heterocycles. The third kappa shape index (κ3) is 2.77. The van der Waals surface area contributed by atoms with Crippen molar-refractivity contribution in [1.29, 1.82) is 0 Å². The fourth-order valence-electron chi connectivity index (χ4n) is 1.65. The minimum Gasteiger partial charge on any atom is -0.447 e. The van der Waals surface area contributed by atoms with Crippen LogP contribution in [-0.2, 0) is 6.42 Å². The van der Waals surface area contributed by atoms with E-state index in [1.54, 1.807) is 12.5 Å². The lowest BCUT2D eigenvalue weighted by Gasteiger charge is -2.05. The standard InChI is InChI=1S/C12H16N4O2/c1-8(2)11-10(16-7-18-11)12(17)14-4-3-9-5-13-6-15-9/h5-8H,3-4H2,1-2H3,(H,13,15)(H,14,17). The number of nitrogens with one attached hydrogen (secondary N) is 2. The number of aromatic amines is 1. The maximum absolute atomic E-state index is 11.9. The van der Waals surface area contributed by atoms with Gasteiger partial charge in [0.05, 0.1) is 6.33 Å². The van der Waals surface area contributed by atoms with E-state index in [1.165, 1.54) is 6.39 Å². The maximum atomic E-state index is 11.9. The first kappa shape index (κ1) is 12.3. The molecule has 2 heterocycles. The van der Waals surface area contributed by atoms with Crippen molar-refractivity contribution >= 4 is 5.91 Å². The van der Waals surface area contributed by atoms with Gasteiger partial charge >= 0.3 is 0 Å². The lowest BCUT2D eigenvalue weighted by molar-refractivity contribution is 0.0947. The smallest absolute Gasteiger partial charge is 0.273 e. The largest absolute Gasteiger partial charge is 0.447 e. The zero-order valence-electron chi connectivity index (χ0n) is 10.4.